The van der Waals surface area contributed by atoms with E-state index in [1.807, 2.05) is 30.3 Å². The van der Waals surface area contributed by atoms with Crippen LogP contribution in [0.4, 0.5) is 15.8 Å². The number of amides is 2. The molecule has 1 aliphatic heterocycles. The third kappa shape index (κ3) is 4.13. The molecule has 4 rings (SSSR count). The highest BCUT2D eigenvalue weighted by atomic mass is 79.9. The summed E-state index contributed by atoms with van der Waals surface area (Å²) < 4.78 is 15.0. The van der Waals surface area contributed by atoms with Gasteiger partial charge in [0.05, 0.1) is 11.4 Å². The maximum atomic E-state index is 14.1. The first kappa shape index (κ1) is 20.6. The molecule has 0 spiro atoms. The number of hydrogen-bond donors (Lipinski definition) is 1. The van der Waals surface area contributed by atoms with Crippen LogP contribution in [0.2, 0.25) is 0 Å². The Kier molecular flexibility index (Phi) is 5.92. The number of anilines is 2. The third-order valence-electron chi connectivity index (χ3n) is 4.90. The lowest BCUT2D eigenvalue weighted by Gasteiger charge is -2.26. The fourth-order valence-corrected chi connectivity index (χ4v) is 4.79. The molecule has 2 amide bonds. The topological polar surface area (TPSA) is 49.4 Å². The van der Waals surface area contributed by atoms with E-state index < -0.39 is 0 Å². The molecule has 0 aliphatic carbocycles. The molecule has 3 aromatic rings. The molecule has 0 bridgehead atoms. The molecule has 1 fully saturated rings. The van der Waals surface area contributed by atoms with Crippen molar-refractivity contribution >= 4 is 50.9 Å². The van der Waals surface area contributed by atoms with Crippen LogP contribution in [0.3, 0.4) is 0 Å². The molecule has 1 N–H and O–H groups in total. The summed E-state index contributed by atoms with van der Waals surface area (Å²) in [5.41, 5.74) is 3.06. The second-order valence-electron chi connectivity index (χ2n) is 6.90. The largest absolute Gasteiger partial charge is 0.322 e. The Balaban J connectivity index is 1.61. The van der Waals surface area contributed by atoms with Crippen LogP contribution in [0, 0.1) is 12.7 Å². The summed E-state index contributed by atoms with van der Waals surface area (Å²) in [5, 5.41) is 2.61. The highest BCUT2D eigenvalue weighted by molar-refractivity contribution is 9.10. The van der Waals surface area contributed by atoms with Crippen molar-refractivity contribution in [1.29, 1.82) is 0 Å². The summed E-state index contributed by atoms with van der Waals surface area (Å²) in [6, 6.07) is 19.3. The number of hydrogen-bond acceptors (Lipinski definition) is 3. The van der Waals surface area contributed by atoms with Crippen LogP contribution in [0.1, 0.15) is 26.9 Å². The van der Waals surface area contributed by atoms with Crippen LogP contribution < -0.4 is 10.2 Å². The summed E-state index contributed by atoms with van der Waals surface area (Å²) in [7, 11) is 0. The summed E-state index contributed by atoms with van der Waals surface area (Å²) >= 11 is 4.84. The first-order valence-electron chi connectivity index (χ1n) is 9.29. The SMILES string of the molecule is Cc1c(F)cccc1N1C(=O)CS[C@@H]1c1cccc(NC(=O)c2ccc(Br)cc2)c1. The van der Waals surface area contributed by atoms with Gasteiger partial charge in [-0.25, -0.2) is 4.39 Å². The van der Waals surface area contributed by atoms with Gasteiger partial charge in [-0.05, 0) is 61.0 Å². The van der Waals surface area contributed by atoms with Crippen molar-refractivity contribution in [2.75, 3.05) is 16.0 Å². The van der Waals surface area contributed by atoms with Crippen molar-refractivity contribution in [3.63, 3.8) is 0 Å². The second kappa shape index (κ2) is 8.62. The number of nitrogens with one attached hydrogen (secondary N) is 1. The Labute approximate surface area is 186 Å². The lowest BCUT2D eigenvalue weighted by Crippen LogP contribution is -2.28. The molecule has 1 aliphatic rings. The molecule has 1 saturated heterocycles. The van der Waals surface area contributed by atoms with Crippen LogP contribution in [-0.4, -0.2) is 17.6 Å². The quantitative estimate of drug-likeness (QED) is 0.499. The predicted octanol–water partition coefficient (Wildman–Crippen LogP) is 5.93. The standard InChI is InChI=1S/C23H18BrFN2O2S/c1-14-19(25)6-3-7-20(14)27-21(28)13-30-23(27)16-4-2-5-18(12-16)26-22(29)15-8-10-17(24)11-9-15/h2-12,23H,13H2,1H3,(H,26,29)/t23-/m1/s1. The molecule has 0 unspecified atom stereocenters. The monoisotopic (exact) mass is 484 g/mol. The number of carbonyl (C=O) groups is 2. The minimum atomic E-state index is -0.341. The summed E-state index contributed by atoms with van der Waals surface area (Å²) in [4.78, 5) is 26.8. The van der Waals surface area contributed by atoms with E-state index in [0.717, 1.165) is 10.0 Å². The van der Waals surface area contributed by atoms with Crippen LogP contribution in [0.15, 0.2) is 71.2 Å². The zero-order valence-corrected chi connectivity index (χ0v) is 18.5. The molecule has 1 heterocycles. The molecule has 152 valence electrons. The van der Waals surface area contributed by atoms with Gasteiger partial charge in [-0.15, -0.1) is 11.8 Å². The average Bonchev–Trinajstić information content (AvgIpc) is 3.12. The number of halogens is 2. The second-order valence-corrected chi connectivity index (χ2v) is 8.88. The zero-order valence-electron chi connectivity index (χ0n) is 16.1. The minimum Gasteiger partial charge on any atom is -0.322 e. The van der Waals surface area contributed by atoms with E-state index in [-0.39, 0.29) is 23.0 Å². The molecule has 4 nitrogen and oxygen atoms in total. The van der Waals surface area contributed by atoms with E-state index in [1.165, 1.54) is 17.8 Å². The van der Waals surface area contributed by atoms with E-state index in [1.54, 1.807) is 42.2 Å². The molecular formula is C23H18BrFN2O2S. The van der Waals surface area contributed by atoms with E-state index in [0.29, 0.717) is 28.3 Å². The lowest BCUT2D eigenvalue weighted by atomic mass is 10.1. The molecular weight excluding hydrogens is 467 g/mol. The number of benzene rings is 3. The zero-order chi connectivity index (χ0) is 21.3. The number of rotatable bonds is 4. The number of carbonyl (C=O) groups excluding carboxylic acids is 2. The van der Waals surface area contributed by atoms with Crippen molar-refractivity contribution in [2.45, 2.75) is 12.3 Å². The molecule has 0 radical (unpaired) electrons. The van der Waals surface area contributed by atoms with Gasteiger partial charge in [-0.3, -0.25) is 14.5 Å². The maximum Gasteiger partial charge on any atom is 0.255 e. The molecule has 7 heteroatoms. The Bertz CT molecular complexity index is 1120. The van der Waals surface area contributed by atoms with E-state index in [2.05, 4.69) is 21.2 Å². The summed E-state index contributed by atoms with van der Waals surface area (Å²) in [6.45, 7) is 1.67. The van der Waals surface area contributed by atoms with Gasteiger partial charge in [0, 0.05) is 21.3 Å². The van der Waals surface area contributed by atoms with E-state index in [9.17, 15) is 14.0 Å². The van der Waals surface area contributed by atoms with Gasteiger partial charge in [0.15, 0.2) is 0 Å². The minimum absolute atomic E-state index is 0.0667. The predicted molar refractivity (Wildman–Crippen MR) is 122 cm³/mol. The summed E-state index contributed by atoms with van der Waals surface area (Å²) in [5.74, 6) is -0.307. The van der Waals surface area contributed by atoms with Gasteiger partial charge in [0.1, 0.15) is 11.2 Å². The average molecular weight is 485 g/mol. The van der Waals surface area contributed by atoms with Crippen molar-refractivity contribution in [3.05, 3.63) is 93.7 Å². The lowest BCUT2D eigenvalue weighted by molar-refractivity contribution is -0.115. The van der Waals surface area contributed by atoms with Crippen molar-refractivity contribution in [1.82, 2.24) is 0 Å². The molecule has 1 atom stereocenters. The summed E-state index contributed by atoms with van der Waals surface area (Å²) in [6.07, 6.45) is 0. The van der Waals surface area contributed by atoms with Gasteiger partial charge in [0.2, 0.25) is 5.91 Å². The van der Waals surface area contributed by atoms with Gasteiger partial charge in [0.25, 0.3) is 5.91 Å². The Morgan fingerprint density at radius 1 is 1.13 bits per heavy atom. The van der Waals surface area contributed by atoms with Crippen molar-refractivity contribution in [3.8, 4) is 0 Å². The first-order valence-corrected chi connectivity index (χ1v) is 11.1. The van der Waals surface area contributed by atoms with Crippen LogP contribution in [0.5, 0.6) is 0 Å². The van der Waals surface area contributed by atoms with Gasteiger partial charge >= 0.3 is 0 Å². The van der Waals surface area contributed by atoms with Crippen LogP contribution in [-0.2, 0) is 4.79 Å². The fraction of sp³-hybridized carbons (Fsp3) is 0.130. The Morgan fingerprint density at radius 2 is 1.87 bits per heavy atom. The van der Waals surface area contributed by atoms with Crippen molar-refractivity contribution in [2.24, 2.45) is 0 Å². The highest BCUT2D eigenvalue weighted by Gasteiger charge is 2.35. The highest BCUT2D eigenvalue weighted by Crippen LogP contribution is 2.43. The maximum absolute atomic E-state index is 14.1. The van der Waals surface area contributed by atoms with Gasteiger partial charge < -0.3 is 5.32 Å². The smallest absolute Gasteiger partial charge is 0.255 e. The Hall–Kier alpha value is -2.64. The molecule has 0 aromatic heterocycles. The van der Waals surface area contributed by atoms with Gasteiger partial charge in [-0.2, -0.15) is 0 Å². The fourth-order valence-electron chi connectivity index (χ4n) is 3.36. The number of thioether (sulfide) groups is 1. The van der Waals surface area contributed by atoms with Crippen molar-refractivity contribution < 1.29 is 14.0 Å². The van der Waals surface area contributed by atoms with Gasteiger partial charge in [-0.1, -0.05) is 34.1 Å². The van der Waals surface area contributed by atoms with E-state index in [4.69, 9.17) is 0 Å². The number of nitrogens with zero attached hydrogens (tertiary/aromatic N) is 1. The molecule has 0 saturated carbocycles. The first-order chi connectivity index (χ1) is 14.4. The van der Waals surface area contributed by atoms with Crippen LogP contribution >= 0.6 is 27.7 Å². The van der Waals surface area contributed by atoms with Crippen LogP contribution in [0.25, 0.3) is 0 Å². The van der Waals surface area contributed by atoms with E-state index >= 15 is 0 Å². The molecule has 3 aromatic carbocycles. The normalized spacial score (nSPS) is 16.0. The third-order valence-corrected chi connectivity index (χ3v) is 6.64. The molecule has 30 heavy (non-hydrogen) atoms. The Morgan fingerprint density at radius 3 is 2.63 bits per heavy atom.